The van der Waals surface area contributed by atoms with Gasteiger partial charge in [0, 0.05) is 24.0 Å². The molecule has 4 fully saturated rings. The molecule has 4 aliphatic rings. The van der Waals surface area contributed by atoms with Gasteiger partial charge in [0.1, 0.15) is 5.78 Å². The molecule has 0 aliphatic heterocycles. The molecular weight excluding hydrogens is 629 g/mol. The summed E-state index contributed by atoms with van der Waals surface area (Å²) < 4.78 is 22.2. The molecular formula is C40H78O4Si3. The van der Waals surface area contributed by atoms with E-state index in [2.05, 4.69) is 102 Å². The second kappa shape index (κ2) is 13.3. The van der Waals surface area contributed by atoms with Crippen molar-refractivity contribution in [3.63, 3.8) is 0 Å². The molecule has 0 amide bonds. The maximum absolute atomic E-state index is 14.0. The maximum Gasteiger partial charge on any atom is 0.192 e. The molecule has 4 rings (SSSR count). The SMILES string of the molecule is CC[Si](CC)(CC)O[C@]12CC[C@H](CO[Si](C)(C)C(C)(C)C)[C@@]1(C)CC(C(C)=O)C1[C@@H]2CC[C@@H]2C[C@@H](O[Si](C)(C)C(C)(C)C)CC[C@]12C. The molecule has 0 radical (unpaired) electrons. The Labute approximate surface area is 295 Å². The van der Waals surface area contributed by atoms with Crippen LogP contribution < -0.4 is 0 Å². The number of fused-ring (bicyclic) bond motifs is 5. The first-order valence-corrected chi connectivity index (χ1v) is 28.3. The van der Waals surface area contributed by atoms with Crippen LogP contribution >= 0.6 is 0 Å². The van der Waals surface area contributed by atoms with E-state index < -0.39 is 25.0 Å². The highest BCUT2D eigenvalue weighted by atomic mass is 28.4. The summed E-state index contributed by atoms with van der Waals surface area (Å²) in [6.45, 7) is 39.0. The zero-order valence-electron chi connectivity index (χ0n) is 34.1. The van der Waals surface area contributed by atoms with E-state index in [4.69, 9.17) is 13.3 Å². The van der Waals surface area contributed by atoms with Gasteiger partial charge < -0.3 is 13.3 Å². The van der Waals surface area contributed by atoms with Crippen molar-refractivity contribution in [3.8, 4) is 0 Å². The number of hydrogen-bond acceptors (Lipinski definition) is 4. The number of carbonyl (C=O) groups excluding carboxylic acids is 1. The normalized spacial score (nSPS) is 38.5. The predicted molar refractivity (Wildman–Crippen MR) is 208 cm³/mol. The first kappa shape index (κ1) is 40.0. The van der Waals surface area contributed by atoms with Crippen molar-refractivity contribution in [3.05, 3.63) is 0 Å². The number of carbonyl (C=O) groups is 1. The van der Waals surface area contributed by atoms with Gasteiger partial charge >= 0.3 is 0 Å². The largest absolute Gasteiger partial charge is 0.417 e. The summed E-state index contributed by atoms with van der Waals surface area (Å²) in [4.78, 5) is 14.0. The molecule has 0 N–H and O–H groups in total. The van der Waals surface area contributed by atoms with Gasteiger partial charge in [0.2, 0.25) is 0 Å². The lowest BCUT2D eigenvalue weighted by Gasteiger charge is -2.68. The molecule has 2 unspecified atom stereocenters. The van der Waals surface area contributed by atoms with E-state index in [0.29, 0.717) is 35.6 Å². The number of ketones is 1. The lowest BCUT2D eigenvalue weighted by atomic mass is 9.40. The Kier molecular flexibility index (Phi) is 11.3. The summed E-state index contributed by atoms with van der Waals surface area (Å²) in [7, 11) is -5.69. The fourth-order valence-electron chi connectivity index (χ4n) is 10.9. The second-order valence-corrected chi connectivity index (χ2v) is 34.8. The molecule has 0 aromatic heterocycles. The third kappa shape index (κ3) is 6.80. The quantitative estimate of drug-likeness (QED) is 0.201. The van der Waals surface area contributed by atoms with Gasteiger partial charge in [-0.25, -0.2) is 0 Å². The molecule has 4 nitrogen and oxygen atoms in total. The van der Waals surface area contributed by atoms with Crippen LogP contribution in [0.25, 0.3) is 0 Å². The van der Waals surface area contributed by atoms with Crippen molar-refractivity contribution in [1.82, 2.24) is 0 Å². The molecule has 7 heteroatoms. The zero-order valence-corrected chi connectivity index (χ0v) is 37.1. The molecule has 0 spiro atoms. The van der Waals surface area contributed by atoms with Crippen LogP contribution in [0.2, 0.25) is 54.4 Å². The summed E-state index contributed by atoms with van der Waals surface area (Å²) in [5.41, 5.74) is -0.0346. The van der Waals surface area contributed by atoms with Gasteiger partial charge in [0.15, 0.2) is 25.0 Å². The van der Waals surface area contributed by atoms with Crippen molar-refractivity contribution >= 4 is 30.7 Å². The predicted octanol–water partition coefficient (Wildman–Crippen LogP) is 12.0. The number of hydrogen-bond donors (Lipinski definition) is 0. The molecule has 0 bridgehead atoms. The monoisotopic (exact) mass is 707 g/mol. The lowest BCUT2D eigenvalue weighted by Crippen LogP contribution is -2.69. The highest BCUT2D eigenvalue weighted by Crippen LogP contribution is 2.72. The van der Waals surface area contributed by atoms with Crippen molar-refractivity contribution in [2.45, 2.75) is 201 Å². The third-order valence-electron chi connectivity index (χ3n) is 16.5. The molecule has 0 saturated heterocycles. The zero-order chi connectivity index (χ0) is 35.6. The highest BCUT2D eigenvalue weighted by molar-refractivity contribution is 6.74. The molecule has 0 aromatic rings. The van der Waals surface area contributed by atoms with Crippen LogP contribution in [-0.4, -0.2) is 49.0 Å². The Hall–Kier alpha value is 0.201. The van der Waals surface area contributed by atoms with Gasteiger partial charge in [-0.1, -0.05) is 76.2 Å². The summed E-state index contributed by atoms with van der Waals surface area (Å²) in [6, 6.07) is 3.55. The topological polar surface area (TPSA) is 44.8 Å². The first-order valence-electron chi connectivity index (χ1n) is 19.9. The van der Waals surface area contributed by atoms with Crippen LogP contribution in [0.15, 0.2) is 0 Å². The van der Waals surface area contributed by atoms with E-state index in [1.165, 1.54) is 50.2 Å². The van der Waals surface area contributed by atoms with Crippen molar-refractivity contribution in [1.29, 1.82) is 0 Å². The van der Waals surface area contributed by atoms with Crippen LogP contribution in [0, 0.1) is 40.4 Å². The Morgan fingerprint density at radius 2 is 1.38 bits per heavy atom. The molecule has 0 aromatic carbocycles. The van der Waals surface area contributed by atoms with Gasteiger partial charge in [-0.05, 0) is 142 Å². The van der Waals surface area contributed by atoms with Crippen molar-refractivity contribution in [2.75, 3.05) is 6.61 Å². The van der Waals surface area contributed by atoms with E-state index in [-0.39, 0.29) is 32.4 Å². The van der Waals surface area contributed by atoms with Gasteiger partial charge in [-0.2, -0.15) is 0 Å². The van der Waals surface area contributed by atoms with E-state index in [1.54, 1.807) is 0 Å². The fourth-order valence-corrected chi connectivity index (χ4v) is 16.6. The van der Waals surface area contributed by atoms with E-state index in [9.17, 15) is 4.79 Å². The standard InChI is InChI=1S/C40H78O4Si3/c1-17-47(18-2,19-3)44-40-25-22-31(28-42-45(13,14)36(5,6)7)39(40,12)27-33(29(4)41)35-34(40)21-20-30-26-32(23-24-38(30,35)11)43-46(15,16)37(8,9)10/h30-35H,17-28H2,1-16H3/t30-,31-,32+,33?,34+,35?,38+,39-,40+/m1/s1. The van der Waals surface area contributed by atoms with Gasteiger partial charge in [-0.15, -0.1) is 0 Å². The third-order valence-corrected chi connectivity index (χ3v) is 30.2. The molecule has 4 saturated carbocycles. The minimum absolute atomic E-state index is 0.0452. The van der Waals surface area contributed by atoms with Crippen molar-refractivity contribution < 1.29 is 18.1 Å². The van der Waals surface area contributed by atoms with Crippen LogP contribution in [0.1, 0.15) is 134 Å². The minimum Gasteiger partial charge on any atom is -0.417 e. The van der Waals surface area contributed by atoms with E-state index >= 15 is 0 Å². The molecule has 274 valence electrons. The van der Waals surface area contributed by atoms with Crippen LogP contribution in [0.3, 0.4) is 0 Å². The van der Waals surface area contributed by atoms with Gasteiger partial charge in [0.25, 0.3) is 0 Å². The Bertz CT molecular complexity index is 1110. The summed E-state index contributed by atoms with van der Waals surface area (Å²) in [6.07, 6.45) is 9.61. The molecule has 9 atom stereocenters. The average Bonchev–Trinajstić information content (AvgIpc) is 3.24. The molecule has 47 heavy (non-hydrogen) atoms. The number of Topliss-reactive ketones (excluding diaryl/α,β-unsaturated/α-hetero) is 1. The fraction of sp³-hybridized carbons (Fsp3) is 0.975. The smallest absolute Gasteiger partial charge is 0.192 e. The van der Waals surface area contributed by atoms with Crippen LogP contribution in [0.5, 0.6) is 0 Å². The molecule has 4 aliphatic carbocycles. The van der Waals surface area contributed by atoms with E-state index in [0.717, 1.165) is 25.9 Å². The van der Waals surface area contributed by atoms with Crippen LogP contribution in [-0.2, 0) is 18.1 Å². The second-order valence-electron chi connectivity index (χ2n) is 20.6. The van der Waals surface area contributed by atoms with Gasteiger partial charge in [-0.3, -0.25) is 4.79 Å². The summed E-state index contributed by atoms with van der Waals surface area (Å²) in [5, 5.41) is 0.415. The highest BCUT2D eigenvalue weighted by Gasteiger charge is 2.72. The average molecular weight is 707 g/mol. The number of rotatable bonds is 11. The first-order chi connectivity index (χ1) is 21.4. The summed E-state index contributed by atoms with van der Waals surface area (Å²) >= 11 is 0. The Morgan fingerprint density at radius 1 is 0.809 bits per heavy atom. The molecule has 0 heterocycles. The summed E-state index contributed by atoms with van der Waals surface area (Å²) in [5.74, 6) is 2.46. The van der Waals surface area contributed by atoms with E-state index in [1.807, 2.05) is 6.92 Å². The minimum atomic E-state index is -1.95. The van der Waals surface area contributed by atoms with Crippen LogP contribution in [0.4, 0.5) is 0 Å². The van der Waals surface area contributed by atoms with Gasteiger partial charge in [0.05, 0.1) is 5.60 Å². The maximum atomic E-state index is 14.0. The van der Waals surface area contributed by atoms with Crippen molar-refractivity contribution in [2.24, 2.45) is 40.4 Å². The Morgan fingerprint density at radius 3 is 1.89 bits per heavy atom. The Balaban J connectivity index is 1.76. The lowest BCUT2D eigenvalue weighted by molar-refractivity contribution is -0.222.